The van der Waals surface area contributed by atoms with Crippen molar-refractivity contribution in [2.75, 3.05) is 33.0 Å². The molecule has 9 nitrogen and oxygen atoms in total. The molecule has 3 unspecified atom stereocenters. The number of unbranched alkanes of at least 4 members (excludes halogenated alkanes) is 36. The summed E-state index contributed by atoms with van der Waals surface area (Å²) in [6, 6.07) is 0. The topological polar surface area (TPSA) is 132 Å². The van der Waals surface area contributed by atoms with E-state index >= 15 is 0 Å². The molecule has 0 aromatic carbocycles. The molecule has 0 aromatic heterocycles. The van der Waals surface area contributed by atoms with Crippen molar-refractivity contribution in [3.05, 3.63) is 12.2 Å². The van der Waals surface area contributed by atoms with Crippen LogP contribution in [0.3, 0.4) is 0 Å². The third kappa shape index (κ3) is 48.7. The number of carbonyl (C=O) groups excluding carboxylic acids is 1. The van der Waals surface area contributed by atoms with Gasteiger partial charge < -0.3 is 24.6 Å². The lowest BCUT2D eigenvalue weighted by Crippen LogP contribution is -2.29. The van der Waals surface area contributed by atoms with Gasteiger partial charge >= 0.3 is 13.8 Å². The molecule has 0 bridgehead atoms. The quantitative estimate of drug-likeness (QED) is 0.0236. The monoisotopic (exact) mass is 903 g/mol. The molecule has 0 radical (unpaired) electrons. The summed E-state index contributed by atoms with van der Waals surface area (Å²) in [7, 11) is -4.52. The van der Waals surface area contributed by atoms with Crippen LogP contribution in [0.15, 0.2) is 12.2 Å². The average molecular weight is 903 g/mol. The largest absolute Gasteiger partial charge is 0.472 e. The molecule has 3 atom stereocenters. The molecule has 0 heterocycles. The zero-order valence-electron chi connectivity index (χ0n) is 40.9. The van der Waals surface area contributed by atoms with Gasteiger partial charge in [0.2, 0.25) is 0 Å². The molecule has 0 saturated heterocycles. The Kier molecular flexibility index (Phi) is 49.0. The van der Waals surface area contributed by atoms with Gasteiger partial charge in [0.1, 0.15) is 12.2 Å². The number of rotatable bonds is 52. The maximum atomic E-state index is 12.7. The first-order chi connectivity index (χ1) is 30.3. The number of allylic oxidation sites excluding steroid dienone is 2. The number of hydrogen-bond donors (Lipinski definition) is 3. The molecule has 0 aliphatic heterocycles. The third-order valence-corrected chi connectivity index (χ3v) is 12.9. The number of phosphoric ester groups is 1. The molecular formula is C52H103O9P. The van der Waals surface area contributed by atoms with Crippen molar-refractivity contribution in [1.82, 2.24) is 0 Å². The van der Waals surface area contributed by atoms with E-state index in [-0.39, 0.29) is 25.6 Å². The lowest BCUT2D eigenvalue weighted by atomic mass is 10.0. The SMILES string of the molecule is CCCCCCCCCC/C=C\CCCCCCCCCCCCOCC(COP(=O)(O)OCC(O)CO)OC(=O)CCCCCCCCCCCCCCCCCCCCC. The Labute approximate surface area is 383 Å². The highest BCUT2D eigenvalue weighted by Crippen LogP contribution is 2.43. The fourth-order valence-corrected chi connectivity index (χ4v) is 8.67. The minimum absolute atomic E-state index is 0.0548. The smallest absolute Gasteiger partial charge is 0.457 e. The van der Waals surface area contributed by atoms with E-state index in [9.17, 15) is 19.4 Å². The van der Waals surface area contributed by atoms with E-state index in [1.54, 1.807) is 0 Å². The Balaban J connectivity index is 4.01. The highest BCUT2D eigenvalue weighted by Gasteiger charge is 2.26. The highest BCUT2D eigenvalue weighted by molar-refractivity contribution is 7.47. The maximum absolute atomic E-state index is 12.7. The van der Waals surface area contributed by atoms with Crippen LogP contribution in [0.4, 0.5) is 0 Å². The lowest BCUT2D eigenvalue weighted by Gasteiger charge is -2.20. The van der Waals surface area contributed by atoms with Crippen molar-refractivity contribution in [1.29, 1.82) is 0 Å². The van der Waals surface area contributed by atoms with Crippen LogP contribution in [0.1, 0.15) is 271 Å². The van der Waals surface area contributed by atoms with Gasteiger partial charge in [-0.25, -0.2) is 4.57 Å². The van der Waals surface area contributed by atoms with E-state index in [1.165, 1.54) is 218 Å². The van der Waals surface area contributed by atoms with Crippen molar-refractivity contribution >= 4 is 13.8 Å². The number of esters is 1. The van der Waals surface area contributed by atoms with Gasteiger partial charge in [-0.15, -0.1) is 0 Å². The van der Waals surface area contributed by atoms with E-state index in [0.29, 0.717) is 6.61 Å². The number of aliphatic hydroxyl groups is 2. The highest BCUT2D eigenvalue weighted by atomic mass is 31.2. The van der Waals surface area contributed by atoms with Crippen LogP contribution in [0.25, 0.3) is 0 Å². The number of phosphoric acid groups is 1. The minimum atomic E-state index is -4.52. The summed E-state index contributed by atoms with van der Waals surface area (Å²) in [5, 5.41) is 18.4. The van der Waals surface area contributed by atoms with Gasteiger partial charge in [0.25, 0.3) is 0 Å². The Morgan fingerprint density at radius 1 is 0.484 bits per heavy atom. The van der Waals surface area contributed by atoms with E-state index in [2.05, 4.69) is 26.0 Å². The summed E-state index contributed by atoms with van der Waals surface area (Å²) in [6.45, 7) is 3.59. The lowest BCUT2D eigenvalue weighted by molar-refractivity contribution is -0.154. The standard InChI is InChI=1S/C52H103O9P/c1-3-5-7-9-11-13-15-17-19-21-23-24-25-27-29-31-33-35-37-39-41-43-45-58-48-51(49-60-62(56,57)59-47-50(54)46-53)61-52(55)44-42-40-38-36-34-32-30-28-26-22-20-18-16-14-12-10-8-6-4-2/h21,23,50-51,53-54H,3-20,22,24-49H2,1-2H3,(H,56,57)/b23-21-. The van der Waals surface area contributed by atoms with Crippen LogP contribution in [0.2, 0.25) is 0 Å². The second-order valence-electron chi connectivity index (χ2n) is 18.3. The molecule has 0 aliphatic rings. The van der Waals surface area contributed by atoms with Gasteiger partial charge in [-0.05, 0) is 38.5 Å². The first-order valence-corrected chi connectivity index (χ1v) is 28.2. The number of aliphatic hydroxyl groups excluding tert-OH is 2. The van der Waals surface area contributed by atoms with Crippen LogP contribution in [0, 0.1) is 0 Å². The minimum Gasteiger partial charge on any atom is -0.457 e. The Hall–Kier alpha value is -0.800. The van der Waals surface area contributed by atoms with E-state index < -0.39 is 33.2 Å². The van der Waals surface area contributed by atoms with Gasteiger partial charge in [-0.1, -0.05) is 238 Å². The summed E-state index contributed by atoms with van der Waals surface area (Å²) in [4.78, 5) is 22.7. The first kappa shape index (κ1) is 61.2. The number of hydrogen-bond acceptors (Lipinski definition) is 8. The Morgan fingerprint density at radius 2 is 0.823 bits per heavy atom. The van der Waals surface area contributed by atoms with E-state index in [0.717, 1.165) is 32.1 Å². The molecule has 10 heteroatoms. The van der Waals surface area contributed by atoms with Crippen molar-refractivity contribution in [3.8, 4) is 0 Å². The Bertz CT molecular complexity index is 980. The molecule has 0 amide bonds. The molecule has 0 rings (SSSR count). The van der Waals surface area contributed by atoms with Crippen LogP contribution in [-0.4, -0.2) is 66.3 Å². The van der Waals surface area contributed by atoms with Crippen LogP contribution >= 0.6 is 7.82 Å². The van der Waals surface area contributed by atoms with Gasteiger partial charge in [0.05, 0.1) is 26.4 Å². The molecule has 62 heavy (non-hydrogen) atoms. The maximum Gasteiger partial charge on any atom is 0.472 e. The van der Waals surface area contributed by atoms with Crippen LogP contribution in [-0.2, 0) is 27.9 Å². The number of carbonyl (C=O) groups is 1. The predicted molar refractivity (Wildman–Crippen MR) is 261 cm³/mol. The molecule has 3 N–H and O–H groups in total. The summed E-state index contributed by atoms with van der Waals surface area (Å²) in [6.07, 6.45) is 53.2. The van der Waals surface area contributed by atoms with Crippen molar-refractivity contribution in [3.63, 3.8) is 0 Å². The molecule has 370 valence electrons. The van der Waals surface area contributed by atoms with E-state index in [4.69, 9.17) is 23.6 Å². The van der Waals surface area contributed by atoms with Gasteiger partial charge in [0.15, 0.2) is 0 Å². The summed E-state index contributed by atoms with van der Waals surface area (Å²) in [5.41, 5.74) is 0. The van der Waals surface area contributed by atoms with Gasteiger partial charge in [-0.2, -0.15) is 0 Å². The number of ether oxygens (including phenoxy) is 2. The fraction of sp³-hybridized carbons (Fsp3) is 0.942. The first-order valence-electron chi connectivity index (χ1n) is 26.7. The van der Waals surface area contributed by atoms with Crippen molar-refractivity contribution in [2.24, 2.45) is 0 Å². The second kappa shape index (κ2) is 49.6. The van der Waals surface area contributed by atoms with E-state index in [1.807, 2.05) is 0 Å². The average Bonchev–Trinajstić information content (AvgIpc) is 3.26. The zero-order valence-corrected chi connectivity index (χ0v) is 41.8. The normalized spacial score (nSPS) is 13.8. The van der Waals surface area contributed by atoms with Gasteiger partial charge in [0, 0.05) is 13.0 Å². The van der Waals surface area contributed by atoms with Gasteiger partial charge in [-0.3, -0.25) is 13.8 Å². The molecule has 0 fully saturated rings. The van der Waals surface area contributed by atoms with Crippen LogP contribution < -0.4 is 0 Å². The molecule has 0 spiro atoms. The summed E-state index contributed by atoms with van der Waals surface area (Å²) < 4.78 is 33.6. The predicted octanol–water partition coefficient (Wildman–Crippen LogP) is 15.6. The molecular weight excluding hydrogens is 800 g/mol. The Morgan fingerprint density at radius 3 is 1.21 bits per heavy atom. The van der Waals surface area contributed by atoms with Crippen molar-refractivity contribution in [2.45, 2.75) is 283 Å². The summed E-state index contributed by atoms with van der Waals surface area (Å²) in [5.74, 6) is -0.375. The molecule has 0 saturated carbocycles. The van der Waals surface area contributed by atoms with Crippen LogP contribution in [0.5, 0.6) is 0 Å². The zero-order chi connectivity index (χ0) is 45.3. The molecule has 0 aliphatic carbocycles. The second-order valence-corrected chi connectivity index (χ2v) is 19.7. The summed E-state index contributed by atoms with van der Waals surface area (Å²) >= 11 is 0. The van der Waals surface area contributed by atoms with Crippen molar-refractivity contribution < 1.29 is 43.0 Å². The molecule has 0 aromatic rings. The fourth-order valence-electron chi connectivity index (χ4n) is 7.88. The third-order valence-electron chi connectivity index (χ3n) is 12.0.